The molecule has 1 unspecified atom stereocenters. The van der Waals surface area contributed by atoms with Gasteiger partial charge in [0.1, 0.15) is 12.5 Å². The van der Waals surface area contributed by atoms with E-state index in [0.29, 0.717) is 33.8 Å². The van der Waals surface area contributed by atoms with E-state index in [0.717, 1.165) is 74.0 Å². The van der Waals surface area contributed by atoms with Crippen molar-refractivity contribution in [3.63, 3.8) is 0 Å². The standard InChI is InChI=1S/C40H45N4O5.Mg/c1-10-24-20(5)27-16-29-22(7)26(12-13-33(45)49-15-14-19(3)4)37(43-29)35-36(40(47)48-9)39(46)34-23(8)30(44-38(34)35)18-32-25(11-2)21(6)28(42-32)17-31(24)41-27;/h14,16-18,26,36-37H,10-13,15H2,1-9H3,(H-,41,42,46);/q-3;+2/p-1/b27-16-;/t26-,36+,37?;/m0./s1. The van der Waals surface area contributed by atoms with Crippen molar-refractivity contribution in [3.8, 4) is 0 Å². The molecule has 5 heterocycles. The molecule has 0 saturated carbocycles. The van der Waals surface area contributed by atoms with Gasteiger partial charge in [-0.1, -0.05) is 82.7 Å². The minimum Gasteiger partial charge on any atom is -0.678 e. The molecule has 3 aliphatic rings. The van der Waals surface area contributed by atoms with Crippen molar-refractivity contribution < 1.29 is 23.9 Å². The average Bonchev–Trinajstić information content (AvgIpc) is 3.80. The van der Waals surface area contributed by atoms with Crippen molar-refractivity contribution >= 4 is 64.6 Å². The van der Waals surface area contributed by atoms with E-state index in [1.165, 1.54) is 7.11 Å². The second-order valence-corrected chi connectivity index (χ2v) is 13.5. The first-order valence-electron chi connectivity index (χ1n) is 17.1. The van der Waals surface area contributed by atoms with Crippen LogP contribution >= 0.6 is 0 Å². The maximum Gasteiger partial charge on any atom is 2.00 e. The molecule has 2 aliphatic heterocycles. The van der Waals surface area contributed by atoms with E-state index >= 15 is 0 Å². The number of Topliss-reactive ketones (excluding diaryl/α,β-unsaturated/α-hetero) is 1. The Balaban J connectivity index is 0.00000486. The summed E-state index contributed by atoms with van der Waals surface area (Å²) in [4.78, 5) is 55.7. The number of esters is 2. The van der Waals surface area contributed by atoms with E-state index in [1.54, 1.807) is 0 Å². The van der Waals surface area contributed by atoms with Gasteiger partial charge in [0.15, 0.2) is 5.78 Å². The number of hydrogen-bond acceptors (Lipinski definition) is 5. The van der Waals surface area contributed by atoms with Gasteiger partial charge >= 0.3 is 35.0 Å². The van der Waals surface area contributed by atoms with Crippen LogP contribution in [-0.2, 0) is 31.9 Å². The van der Waals surface area contributed by atoms with Gasteiger partial charge in [-0.15, -0.1) is 38.5 Å². The third-order valence-corrected chi connectivity index (χ3v) is 10.4. The number of methoxy groups -OCH3 is 1. The van der Waals surface area contributed by atoms with E-state index in [2.05, 4.69) is 33.8 Å². The van der Waals surface area contributed by atoms with Crippen LogP contribution in [0.1, 0.15) is 97.0 Å². The van der Waals surface area contributed by atoms with Crippen LogP contribution in [0.25, 0.3) is 29.1 Å². The average molecular weight is 685 g/mol. The first kappa shape index (κ1) is 37.2. The molecule has 10 heteroatoms. The molecular formula is C40H44MgN4O5-2. The van der Waals surface area contributed by atoms with Crippen LogP contribution in [0.2, 0.25) is 0 Å². The van der Waals surface area contributed by atoms with Crippen LogP contribution in [0.5, 0.6) is 0 Å². The molecule has 0 amide bonds. The van der Waals surface area contributed by atoms with E-state index in [1.807, 2.05) is 45.9 Å². The number of aromatic nitrogens is 3. The molecule has 50 heavy (non-hydrogen) atoms. The fourth-order valence-electron chi connectivity index (χ4n) is 7.59. The van der Waals surface area contributed by atoms with Gasteiger partial charge in [-0.05, 0) is 72.8 Å². The molecular weight excluding hydrogens is 641 g/mol. The molecule has 9 nitrogen and oxygen atoms in total. The molecule has 0 saturated heterocycles. The molecule has 0 aromatic carbocycles. The molecule has 0 radical (unpaired) electrons. The van der Waals surface area contributed by atoms with Gasteiger partial charge in [0.25, 0.3) is 0 Å². The number of rotatable bonds is 8. The fourth-order valence-corrected chi connectivity index (χ4v) is 7.59. The minimum atomic E-state index is -1.18. The third-order valence-electron chi connectivity index (χ3n) is 10.4. The van der Waals surface area contributed by atoms with Crippen LogP contribution in [-0.4, -0.2) is 60.5 Å². The largest absolute Gasteiger partial charge is 2.00 e. The first-order valence-corrected chi connectivity index (χ1v) is 17.1. The summed E-state index contributed by atoms with van der Waals surface area (Å²) in [6, 6.07) is -0.620. The Labute approximate surface area is 309 Å². The zero-order valence-electron chi connectivity index (χ0n) is 30.6. The Kier molecular flexibility index (Phi) is 10.9. The van der Waals surface area contributed by atoms with Crippen LogP contribution in [0.4, 0.5) is 0 Å². The number of fused-ring (bicyclic) bond motifs is 8. The summed E-state index contributed by atoms with van der Waals surface area (Å²) >= 11 is 0. The Morgan fingerprint density at radius 1 is 0.860 bits per heavy atom. The number of ether oxygens (including phenoxy) is 2. The van der Waals surface area contributed by atoms with Crippen molar-refractivity contribution in [2.24, 2.45) is 11.8 Å². The maximum atomic E-state index is 14.2. The number of ketones is 1. The number of carbonyl (C=O) groups is 3. The second-order valence-electron chi connectivity index (χ2n) is 13.5. The molecule has 258 valence electrons. The molecule has 8 bridgehead atoms. The molecule has 3 atom stereocenters. The zero-order chi connectivity index (χ0) is 35.3. The molecule has 1 aliphatic carbocycles. The third kappa shape index (κ3) is 6.36. The summed E-state index contributed by atoms with van der Waals surface area (Å²) < 4.78 is 10.7. The Morgan fingerprint density at radius 2 is 1.54 bits per heavy atom. The van der Waals surface area contributed by atoms with Gasteiger partial charge in [-0.25, -0.2) is 0 Å². The minimum absolute atomic E-state index is 0. The Morgan fingerprint density at radius 3 is 2.20 bits per heavy atom. The maximum absolute atomic E-state index is 14.2. The van der Waals surface area contributed by atoms with E-state index in [4.69, 9.17) is 29.7 Å². The zero-order valence-corrected chi connectivity index (χ0v) is 32.0. The van der Waals surface area contributed by atoms with Gasteiger partial charge in [0.2, 0.25) is 0 Å². The summed E-state index contributed by atoms with van der Waals surface area (Å²) in [7, 11) is 1.29. The van der Waals surface area contributed by atoms with Crippen LogP contribution in [0.3, 0.4) is 0 Å². The number of hydrogen-bond donors (Lipinski definition) is 0. The summed E-state index contributed by atoms with van der Waals surface area (Å²) in [6.07, 6.45) is 10.0. The molecule has 0 N–H and O–H groups in total. The van der Waals surface area contributed by atoms with E-state index in [9.17, 15) is 14.4 Å². The van der Waals surface area contributed by atoms with Gasteiger partial charge in [-0.2, -0.15) is 0 Å². The van der Waals surface area contributed by atoms with Crippen LogP contribution in [0, 0.1) is 32.6 Å². The molecule has 0 spiro atoms. The van der Waals surface area contributed by atoms with Crippen LogP contribution < -0.4 is 36.3 Å². The SMILES string of the molecule is CCc1c2[n-]c(c1C)/C=c1\[n-]/c(c(C)c1CC)=C\C1=C(C)[C@H](CCC(=O)OCC=C(C)C)C([N-]1)C1=c3[n-]/c(c(C)c3C(=O)[C@@H]1C(=O)OC)=C\2.[Mg+2]. The normalized spacial score (nSPS) is 20.9. The number of carbonyl (C=O) groups excluding carboxylic acids is 3. The van der Waals surface area contributed by atoms with Gasteiger partial charge in [0.05, 0.1) is 7.11 Å². The predicted octanol–water partition coefficient (Wildman–Crippen LogP) is 2.75. The Hall–Kier alpha value is -4.02. The van der Waals surface area contributed by atoms with Gasteiger partial charge in [0, 0.05) is 12.0 Å². The van der Waals surface area contributed by atoms with Crippen molar-refractivity contribution in [1.82, 2.24) is 15.0 Å². The molecule has 6 rings (SSSR count). The van der Waals surface area contributed by atoms with Gasteiger partial charge < -0.3 is 29.7 Å². The topological polar surface area (TPSA) is 126 Å². The predicted molar refractivity (Wildman–Crippen MR) is 194 cm³/mol. The number of nitrogens with zero attached hydrogens (tertiary/aromatic N) is 4. The van der Waals surface area contributed by atoms with Crippen LogP contribution in [0.15, 0.2) is 22.9 Å². The fraction of sp³-hybridized carbons (Fsp3) is 0.425. The van der Waals surface area contributed by atoms with Crippen molar-refractivity contribution in [2.45, 2.75) is 87.1 Å². The van der Waals surface area contributed by atoms with Crippen molar-refractivity contribution in [2.75, 3.05) is 13.7 Å². The number of allylic oxidation sites excluding steroid dienone is 2. The summed E-state index contributed by atoms with van der Waals surface area (Å²) in [5.41, 5.74) is 10.5. The quantitative estimate of drug-likeness (QED) is 0.154. The van der Waals surface area contributed by atoms with Crippen molar-refractivity contribution in [1.29, 1.82) is 0 Å². The molecule has 0 fully saturated rings. The molecule has 3 aromatic rings. The second kappa shape index (κ2) is 14.7. The summed E-state index contributed by atoms with van der Waals surface area (Å²) in [6.45, 7) is 16.4. The summed E-state index contributed by atoms with van der Waals surface area (Å²) in [5.74, 6) is -2.76. The monoisotopic (exact) mass is 684 g/mol. The Bertz CT molecular complexity index is 2210. The van der Waals surface area contributed by atoms with E-state index in [-0.39, 0.29) is 53.8 Å². The van der Waals surface area contributed by atoms with E-state index < -0.39 is 17.9 Å². The van der Waals surface area contributed by atoms with Crippen molar-refractivity contribution in [3.05, 3.63) is 94.4 Å². The summed E-state index contributed by atoms with van der Waals surface area (Å²) in [5, 5.41) is 8.03. The first-order chi connectivity index (χ1) is 23.4. The smallest absolute Gasteiger partial charge is 0.678 e. The molecule has 3 aromatic heterocycles. The van der Waals surface area contributed by atoms with Gasteiger partial charge in [-0.3, -0.25) is 14.4 Å².